The SMILES string of the molecule is CC.Cc1ccccc1.c1ccc2c(c1)oc1ccccc12. The van der Waals surface area contributed by atoms with Crippen molar-refractivity contribution in [3.05, 3.63) is 84.4 Å². The van der Waals surface area contributed by atoms with Crippen LogP contribution in [-0.4, -0.2) is 0 Å². The molecule has 3 aromatic carbocycles. The van der Waals surface area contributed by atoms with E-state index in [2.05, 4.69) is 31.2 Å². The van der Waals surface area contributed by atoms with Crippen LogP contribution in [-0.2, 0) is 0 Å². The number of hydrogen-bond donors (Lipinski definition) is 0. The summed E-state index contributed by atoms with van der Waals surface area (Å²) in [7, 11) is 0. The van der Waals surface area contributed by atoms with Crippen LogP contribution in [0.2, 0.25) is 0 Å². The zero-order chi connectivity index (χ0) is 15.8. The average molecular weight is 290 g/mol. The van der Waals surface area contributed by atoms with Gasteiger partial charge in [-0.25, -0.2) is 0 Å². The molecule has 0 saturated carbocycles. The lowest BCUT2D eigenvalue weighted by atomic mass is 10.2. The Bertz CT molecular complexity index is 762. The number of aryl methyl sites for hydroxylation is 1. The minimum Gasteiger partial charge on any atom is -0.456 e. The second-order valence-electron chi connectivity index (χ2n) is 4.75. The maximum Gasteiger partial charge on any atom is 0.135 e. The smallest absolute Gasteiger partial charge is 0.135 e. The van der Waals surface area contributed by atoms with E-state index < -0.39 is 0 Å². The van der Waals surface area contributed by atoms with Gasteiger partial charge in [0.2, 0.25) is 0 Å². The van der Waals surface area contributed by atoms with Crippen LogP contribution >= 0.6 is 0 Å². The second kappa shape index (κ2) is 8.04. The standard InChI is InChI=1S/C12H8O.C7H8.C2H6/c1-3-7-11-9(5-1)10-6-2-4-8-12(10)13-11;1-7-5-3-2-4-6-7;1-2/h1-8H;2-6H,1H3;1-2H3. The number of para-hydroxylation sites is 2. The molecule has 0 saturated heterocycles. The van der Waals surface area contributed by atoms with Crippen molar-refractivity contribution in [1.82, 2.24) is 0 Å². The van der Waals surface area contributed by atoms with E-state index in [1.807, 2.05) is 68.4 Å². The summed E-state index contributed by atoms with van der Waals surface area (Å²) in [6.07, 6.45) is 0. The van der Waals surface area contributed by atoms with Crippen LogP contribution in [0.1, 0.15) is 19.4 Å². The zero-order valence-corrected chi connectivity index (χ0v) is 13.4. The van der Waals surface area contributed by atoms with E-state index in [1.54, 1.807) is 0 Å². The maximum absolute atomic E-state index is 5.65. The summed E-state index contributed by atoms with van der Waals surface area (Å²) in [6.45, 7) is 6.08. The third kappa shape index (κ3) is 3.76. The molecule has 1 heterocycles. The summed E-state index contributed by atoms with van der Waals surface area (Å²) in [4.78, 5) is 0. The molecule has 4 rings (SSSR count). The molecule has 0 unspecified atom stereocenters. The van der Waals surface area contributed by atoms with E-state index in [-0.39, 0.29) is 0 Å². The van der Waals surface area contributed by atoms with Crippen molar-refractivity contribution in [3.8, 4) is 0 Å². The predicted molar refractivity (Wildman–Crippen MR) is 96.2 cm³/mol. The van der Waals surface area contributed by atoms with Crippen molar-refractivity contribution < 1.29 is 4.42 Å². The Labute approximate surface area is 132 Å². The van der Waals surface area contributed by atoms with Gasteiger partial charge < -0.3 is 4.42 Å². The van der Waals surface area contributed by atoms with Crippen LogP contribution in [0.4, 0.5) is 0 Å². The lowest BCUT2D eigenvalue weighted by Crippen LogP contribution is -1.62. The summed E-state index contributed by atoms with van der Waals surface area (Å²) >= 11 is 0. The van der Waals surface area contributed by atoms with Gasteiger partial charge in [0.1, 0.15) is 11.2 Å². The van der Waals surface area contributed by atoms with E-state index in [1.165, 1.54) is 16.3 Å². The van der Waals surface area contributed by atoms with Gasteiger partial charge in [-0.05, 0) is 19.1 Å². The molecular weight excluding hydrogens is 268 g/mol. The van der Waals surface area contributed by atoms with E-state index in [9.17, 15) is 0 Å². The summed E-state index contributed by atoms with van der Waals surface area (Å²) < 4.78 is 5.65. The number of rotatable bonds is 0. The first-order chi connectivity index (χ1) is 10.8. The van der Waals surface area contributed by atoms with Gasteiger partial charge >= 0.3 is 0 Å². The third-order valence-corrected chi connectivity index (χ3v) is 3.22. The van der Waals surface area contributed by atoms with E-state index in [0.717, 1.165) is 11.2 Å². The first-order valence-electron chi connectivity index (χ1n) is 7.72. The topological polar surface area (TPSA) is 13.1 Å². The molecule has 1 aromatic heterocycles. The van der Waals surface area contributed by atoms with Gasteiger partial charge in [-0.1, -0.05) is 86.1 Å². The first kappa shape index (κ1) is 15.8. The molecule has 0 aliphatic rings. The average Bonchev–Trinajstić information content (AvgIpc) is 2.97. The summed E-state index contributed by atoms with van der Waals surface area (Å²) in [5.74, 6) is 0. The van der Waals surface area contributed by atoms with E-state index >= 15 is 0 Å². The van der Waals surface area contributed by atoms with Crippen molar-refractivity contribution in [3.63, 3.8) is 0 Å². The molecule has 112 valence electrons. The molecule has 0 aliphatic heterocycles. The Morgan fingerprint density at radius 1 is 0.545 bits per heavy atom. The van der Waals surface area contributed by atoms with Gasteiger partial charge in [0.05, 0.1) is 0 Å². The van der Waals surface area contributed by atoms with Crippen molar-refractivity contribution in [2.24, 2.45) is 0 Å². The van der Waals surface area contributed by atoms with Crippen molar-refractivity contribution in [2.45, 2.75) is 20.8 Å². The van der Waals surface area contributed by atoms with Gasteiger partial charge in [-0.2, -0.15) is 0 Å². The predicted octanol–water partition coefficient (Wildman–Crippen LogP) is 6.61. The van der Waals surface area contributed by atoms with Crippen LogP contribution < -0.4 is 0 Å². The fraction of sp³-hybridized carbons (Fsp3) is 0.143. The fourth-order valence-corrected chi connectivity index (χ4v) is 2.21. The molecule has 0 bridgehead atoms. The monoisotopic (exact) mass is 290 g/mol. The first-order valence-corrected chi connectivity index (χ1v) is 7.72. The van der Waals surface area contributed by atoms with Crippen LogP contribution in [0.5, 0.6) is 0 Å². The highest BCUT2D eigenvalue weighted by atomic mass is 16.3. The van der Waals surface area contributed by atoms with Gasteiger partial charge in [-0.3, -0.25) is 0 Å². The molecule has 0 atom stereocenters. The lowest BCUT2D eigenvalue weighted by Gasteiger charge is -1.85. The van der Waals surface area contributed by atoms with E-state index in [4.69, 9.17) is 4.42 Å². The molecular formula is C21H22O. The van der Waals surface area contributed by atoms with Crippen LogP contribution in [0, 0.1) is 6.92 Å². The Kier molecular flexibility index (Phi) is 5.79. The van der Waals surface area contributed by atoms with Gasteiger partial charge in [-0.15, -0.1) is 0 Å². The molecule has 0 fully saturated rings. The molecule has 0 radical (unpaired) electrons. The normalized spacial score (nSPS) is 9.59. The summed E-state index contributed by atoms with van der Waals surface area (Å²) in [5, 5.41) is 2.39. The van der Waals surface area contributed by atoms with Crippen LogP contribution in [0.15, 0.2) is 83.3 Å². The largest absolute Gasteiger partial charge is 0.456 e. The van der Waals surface area contributed by atoms with Crippen molar-refractivity contribution >= 4 is 21.9 Å². The van der Waals surface area contributed by atoms with Gasteiger partial charge in [0.15, 0.2) is 0 Å². The zero-order valence-electron chi connectivity index (χ0n) is 13.4. The highest BCUT2D eigenvalue weighted by Gasteiger charge is 2.03. The molecule has 1 nitrogen and oxygen atoms in total. The Hall–Kier alpha value is -2.54. The number of benzene rings is 3. The second-order valence-corrected chi connectivity index (χ2v) is 4.75. The highest BCUT2D eigenvalue weighted by Crippen LogP contribution is 2.27. The molecule has 22 heavy (non-hydrogen) atoms. The van der Waals surface area contributed by atoms with Crippen molar-refractivity contribution in [1.29, 1.82) is 0 Å². The summed E-state index contributed by atoms with van der Waals surface area (Å²) in [5.41, 5.74) is 3.25. The van der Waals surface area contributed by atoms with Gasteiger partial charge in [0.25, 0.3) is 0 Å². The van der Waals surface area contributed by atoms with Crippen LogP contribution in [0.3, 0.4) is 0 Å². The van der Waals surface area contributed by atoms with Crippen LogP contribution in [0.25, 0.3) is 21.9 Å². The number of hydrogen-bond acceptors (Lipinski definition) is 1. The number of furan rings is 1. The number of fused-ring (bicyclic) bond motifs is 3. The molecule has 4 aromatic rings. The molecule has 0 N–H and O–H groups in total. The quantitative estimate of drug-likeness (QED) is 0.355. The Morgan fingerprint density at radius 2 is 0.955 bits per heavy atom. The third-order valence-electron chi connectivity index (χ3n) is 3.22. The van der Waals surface area contributed by atoms with Gasteiger partial charge in [0, 0.05) is 10.8 Å². The minimum absolute atomic E-state index is 0.962. The maximum atomic E-state index is 5.65. The highest BCUT2D eigenvalue weighted by molar-refractivity contribution is 6.04. The Balaban J connectivity index is 0.000000167. The lowest BCUT2D eigenvalue weighted by molar-refractivity contribution is 0.669. The fourth-order valence-electron chi connectivity index (χ4n) is 2.21. The Morgan fingerprint density at radius 3 is 1.36 bits per heavy atom. The molecule has 1 heteroatoms. The summed E-state index contributed by atoms with van der Waals surface area (Å²) in [6, 6.07) is 26.5. The van der Waals surface area contributed by atoms with Crippen molar-refractivity contribution in [2.75, 3.05) is 0 Å². The minimum atomic E-state index is 0.962. The molecule has 0 aliphatic carbocycles. The molecule has 0 spiro atoms. The van der Waals surface area contributed by atoms with E-state index in [0.29, 0.717) is 0 Å². The molecule has 0 amide bonds.